The molecule has 31 heavy (non-hydrogen) atoms. The summed E-state index contributed by atoms with van der Waals surface area (Å²) in [6.45, 7) is 10.6. The number of para-hydroxylation sites is 1. The molecule has 0 bridgehead atoms. The van der Waals surface area contributed by atoms with Crippen LogP contribution in [0.2, 0.25) is 0 Å². The van der Waals surface area contributed by atoms with Gasteiger partial charge in [0.2, 0.25) is 0 Å². The van der Waals surface area contributed by atoms with E-state index in [-0.39, 0.29) is 10.8 Å². The molecule has 2 heteroatoms. The molecule has 0 atom stereocenters. The van der Waals surface area contributed by atoms with Crippen molar-refractivity contribution in [2.24, 2.45) is 0 Å². The molecule has 2 nitrogen and oxygen atoms in total. The Morgan fingerprint density at radius 3 is 2.06 bits per heavy atom. The van der Waals surface area contributed by atoms with Crippen LogP contribution < -0.4 is 4.74 Å². The predicted octanol–water partition coefficient (Wildman–Crippen LogP) is 7.80. The van der Waals surface area contributed by atoms with Crippen molar-refractivity contribution in [3.63, 3.8) is 0 Å². The molecular formula is C29H42O2. The highest BCUT2D eigenvalue weighted by molar-refractivity contribution is 5.72. The SMILES string of the molecule is CC1(C)CCC(C)(C)c2cc(-c3ccccc3OCCCCCCCCCO)ccc21. The number of hydrogen-bond acceptors (Lipinski definition) is 2. The van der Waals surface area contributed by atoms with Crippen LogP contribution in [0.3, 0.4) is 0 Å². The predicted molar refractivity (Wildman–Crippen MR) is 132 cm³/mol. The van der Waals surface area contributed by atoms with E-state index in [1.54, 1.807) is 0 Å². The van der Waals surface area contributed by atoms with E-state index in [1.165, 1.54) is 60.8 Å². The van der Waals surface area contributed by atoms with Gasteiger partial charge >= 0.3 is 0 Å². The maximum atomic E-state index is 8.84. The summed E-state index contributed by atoms with van der Waals surface area (Å²) >= 11 is 0. The molecule has 0 amide bonds. The highest BCUT2D eigenvalue weighted by Crippen LogP contribution is 2.47. The van der Waals surface area contributed by atoms with Gasteiger partial charge in [-0.3, -0.25) is 0 Å². The molecule has 0 saturated carbocycles. The van der Waals surface area contributed by atoms with Crippen LogP contribution in [-0.4, -0.2) is 18.3 Å². The Labute approximate surface area is 190 Å². The van der Waals surface area contributed by atoms with Crippen LogP contribution in [0.25, 0.3) is 11.1 Å². The fourth-order valence-corrected chi connectivity index (χ4v) is 4.87. The maximum Gasteiger partial charge on any atom is 0.127 e. The largest absolute Gasteiger partial charge is 0.493 e. The van der Waals surface area contributed by atoms with E-state index in [1.807, 2.05) is 0 Å². The molecule has 170 valence electrons. The van der Waals surface area contributed by atoms with Crippen LogP contribution in [0.1, 0.15) is 96.6 Å². The zero-order valence-corrected chi connectivity index (χ0v) is 20.2. The summed E-state index contributed by atoms with van der Waals surface area (Å²) < 4.78 is 6.24. The number of benzene rings is 2. The molecule has 0 radical (unpaired) electrons. The summed E-state index contributed by atoms with van der Waals surface area (Å²) in [4.78, 5) is 0. The first kappa shape index (κ1) is 23.9. The number of aliphatic hydroxyl groups excluding tert-OH is 1. The molecule has 1 N–H and O–H groups in total. The second-order valence-electron chi connectivity index (χ2n) is 10.6. The van der Waals surface area contributed by atoms with Crippen LogP contribution in [0.5, 0.6) is 5.75 Å². The number of unbranched alkanes of at least 4 members (excludes halogenated alkanes) is 6. The summed E-state index contributed by atoms with van der Waals surface area (Å²) in [6.07, 6.45) is 10.6. The van der Waals surface area contributed by atoms with Crippen LogP contribution in [-0.2, 0) is 10.8 Å². The van der Waals surface area contributed by atoms with E-state index >= 15 is 0 Å². The molecule has 3 rings (SSSR count). The van der Waals surface area contributed by atoms with Crippen LogP contribution >= 0.6 is 0 Å². The van der Waals surface area contributed by atoms with Gasteiger partial charge in [0.15, 0.2) is 0 Å². The fourth-order valence-electron chi connectivity index (χ4n) is 4.87. The Morgan fingerprint density at radius 2 is 1.35 bits per heavy atom. The van der Waals surface area contributed by atoms with Crippen molar-refractivity contribution in [1.29, 1.82) is 0 Å². The lowest BCUT2D eigenvalue weighted by Gasteiger charge is -2.42. The molecule has 0 aliphatic heterocycles. The molecule has 1 aliphatic carbocycles. The average molecular weight is 423 g/mol. The van der Waals surface area contributed by atoms with Crippen molar-refractivity contribution in [2.75, 3.05) is 13.2 Å². The Morgan fingerprint density at radius 1 is 0.742 bits per heavy atom. The molecule has 0 saturated heterocycles. The van der Waals surface area contributed by atoms with Crippen molar-refractivity contribution < 1.29 is 9.84 Å². The van der Waals surface area contributed by atoms with Crippen molar-refractivity contribution in [3.8, 4) is 16.9 Å². The Kier molecular flexibility index (Phi) is 8.22. The number of rotatable bonds is 11. The Balaban J connectivity index is 1.64. The standard InChI is InChI=1S/C29H42O2/c1-28(2)18-19-29(3,4)26-22-23(16-17-25(26)28)24-14-10-11-15-27(24)31-21-13-9-7-5-6-8-12-20-30/h10-11,14-17,22,30H,5-9,12-13,18-21H2,1-4H3. The van der Waals surface area contributed by atoms with Crippen molar-refractivity contribution in [1.82, 2.24) is 0 Å². The van der Waals surface area contributed by atoms with Gasteiger partial charge in [0, 0.05) is 12.2 Å². The van der Waals surface area contributed by atoms with Gasteiger partial charge < -0.3 is 9.84 Å². The third-order valence-electron chi connectivity index (χ3n) is 7.11. The normalized spacial score (nSPS) is 16.7. The Hall–Kier alpha value is -1.80. The first-order valence-corrected chi connectivity index (χ1v) is 12.3. The molecule has 2 aromatic carbocycles. The highest BCUT2D eigenvalue weighted by atomic mass is 16.5. The summed E-state index contributed by atoms with van der Waals surface area (Å²) in [5.74, 6) is 0.998. The number of aliphatic hydroxyl groups is 1. The van der Waals surface area contributed by atoms with Gasteiger partial charge in [0.25, 0.3) is 0 Å². The van der Waals surface area contributed by atoms with Gasteiger partial charge in [-0.05, 0) is 59.3 Å². The lowest BCUT2D eigenvalue weighted by atomic mass is 9.63. The number of ether oxygens (including phenoxy) is 1. The summed E-state index contributed by atoms with van der Waals surface area (Å²) in [6, 6.07) is 15.6. The molecule has 0 aromatic heterocycles. The summed E-state index contributed by atoms with van der Waals surface area (Å²) in [5.41, 5.74) is 5.94. The van der Waals surface area contributed by atoms with E-state index in [0.717, 1.165) is 31.6 Å². The monoisotopic (exact) mass is 422 g/mol. The van der Waals surface area contributed by atoms with Gasteiger partial charge in [-0.25, -0.2) is 0 Å². The Bertz CT molecular complexity index is 834. The molecule has 0 fully saturated rings. The lowest BCUT2D eigenvalue weighted by Crippen LogP contribution is -2.33. The van der Waals surface area contributed by atoms with Gasteiger partial charge in [0.1, 0.15) is 5.75 Å². The van der Waals surface area contributed by atoms with Gasteiger partial charge in [0.05, 0.1) is 6.61 Å². The lowest BCUT2D eigenvalue weighted by molar-refractivity contribution is 0.281. The van der Waals surface area contributed by atoms with E-state index in [2.05, 4.69) is 70.2 Å². The molecular weight excluding hydrogens is 380 g/mol. The fraction of sp³-hybridized carbons (Fsp3) is 0.586. The third kappa shape index (κ3) is 6.13. The molecule has 2 aromatic rings. The van der Waals surface area contributed by atoms with Gasteiger partial charge in [-0.2, -0.15) is 0 Å². The summed E-state index contributed by atoms with van der Waals surface area (Å²) in [7, 11) is 0. The smallest absolute Gasteiger partial charge is 0.127 e. The average Bonchev–Trinajstić information content (AvgIpc) is 2.76. The third-order valence-corrected chi connectivity index (χ3v) is 7.11. The number of hydrogen-bond donors (Lipinski definition) is 1. The first-order valence-electron chi connectivity index (χ1n) is 12.3. The minimum absolute atomic E-state index is 0.216. The molecule has 0 unspecified atom stereocenters. The molecule has 0 spiro atoms. The van der Waals surface area contributed by atoms with E-state index in [4.69, 9.17) is 9.84 Å². The maximum absolute atomic E-state index is 8.84. The minimum atomic E-state index is 0.216. The van der Waals surface area contributed by atoms with Crippen LogP contribution in [0, 0.1) is 0 Å². The second kappa shape index (κ2) is 10.7. The van der Waals surface area contributed by atoms with Crippen molar-refractivity contribution in [2.45, 2.75) is 96.3 Å². The van der Waals surface area contributed by atoms with Gasteiger partial charge in [-0.15, -0.1) is 0 Å². The zero-order valence-electron chi connectivity index (χ0n) is 20.2. The van der Waals surface area contributed by atoms with E-state index in [9.17, 15) is 0 Å². The van der Waals surface area contributed by atoms with E-state index in [0.29, 0.717) is 6.61 Å². The van der Waals surface area contributed by atoms with E-state index < -0.39 is 0 Å². The topological polar surface area (TPSA) is 29.5 Å². The first-order chi connectivity index (χ1) is 14.8. The summed E-state index contributed by atoms with van der Waals surface area (Å²) in [5, 5.41) is 8.84. The zero-order chi connectivity index (χ0) is 22.3. The van der Waals surface area contributed by atoms with Crippen molar-refractivity contribution in [3.05, 3.63) is 53.6 Å². The van der Waals surface area contributed by atoms with Gasteiger partial charge in [-0.1, -0.05) is 96.2 Å². The van der Waals surface area contributed by atoms with Crippen LogP contribution in [0.15, 0.2) is 42.5 Å². The quantitative estimate of drug-likeness (QED) is 0.374. The van der Waals surface area contributed by atoms with Crippen LogP contribution in [0.4, 0.5) is 0 Å². The minimum Gasteiger partial charge on any atom is -0.493 e. The molecule has 1 aliphatic rings. The highest BCUT2D eigenvalue weighted by Gasteiger charge is 2.37. The second-order valence-corrected chi connectivity index (χ2v) is 10.6. The number of fused-ring (bicyclic) bond motifs is 1. The molecule has 0 heterocycles. The van der Waals surface area contributed by atoms with Crippen molar-refractivity contribution >= 4 is 0 Å².